The van der Waals surface area contributed by atoms with Gasteiger partial charge < -0.3 is 19.3 Å². The minimum atomic E-state index is -1.62. The van der Waals surface area contributed by atoms with Gasteiger partial charge in [-0.05, 0) is 35.5 Å². The van der Waals surface area contributed by atoms with Crippen LogP contribution < -0.4 is 0 Å². The first-order chi connectivity index (χ1) is 14.3. The van der Waals surface area contributed by atoms with Crippen LogP contribution in [0.1, 0.15) is 67.2 Å². The van der Waals surface area contributed by atoms with Crippen LogP contribution in [0.3, 0.4) is 0 Å². The summed E-state index contributed by atoms with van der Waals surface area (Å²) in [5, 5.41) is 11.3. The second-order valence-electron chi connectivity index (χ2n) is 11.0. The molecule has 3 saturated carbocycles. The Balaban J connectivity index is 1.89. The monoisotopic (exact) mass is 434 g/mol. The maximum Gasteiger partial charge on any atom is 0.333 e. The maximum absolute atomic E-state index is 12.2. The van der Waals surface area contributed by atoms with Gasteiger partial charge in [-0.2, -0.15) is 0 Å². The van der Waals surface area contributed by atoms with E-state index in [0.717, 1.165) is 19.3 Å². The van der Waals surface area contributed by atoms with Gasteiger partial charge in [-0.1, -0.05) is 34.1 Å². The average molecular weight is 435 g/mol. The third-order valence-corrected chi connectivity index (χ3v) is 8.59. The Bertz CT molecular complexity index is 845. The van der Waals surface area contributed by atoms with Gasteiger partial charge in [0, 0.05) is 43.8 Å². The summed E-state index contributed by atoms with van der Waals surface area (Å²) in [7, 11) is 0. The zero-order chi connectivity index (χ0) is 22.9. The molecule has 31 heavy (non-hydrogen) atoms. The van der Waals surface area contributed by atoms with Crippen LogP contribution in [0.25, 0.3) is 0 Å². The van der Waals surface area contributed by atoms with Crippen molar-refractivity contribution in [3.63, 3.8) is 0 Å². The zero-order valence-corrected chi connectivity index (χ0v) is 19.3. The molecule has 3 fully saturated rings. The molecular formula is C24H34O7. The third-order valence-electron chi connectivity index (χ3n) is 8.59. The van der Waals surface area contributed by atoms with Crippen LogP contribution in [-0.4, -0.2) is 41.0 Å². The van der Waals surface area contributed by atoms with Crippen molar-refractivity contribution in [3.05, 3.63) is 11.6 Å². The van der Waals surface area contributed by atoms with Crippen molar-refractivity contribution < 1.29 is 33.7 Å². The van der Waals surface area contributed by atoms with Crippen LogP contribution in [0.2, 0.25) is 0 Å². The number of rotatable bonds is 2. The highest BCUT2D eigenvalue weighted by Gasteiger charge is 2.69. The van der Waals surface area contributed by atoms with E-state index in [4.69, 9.17) is 14.2 Å². The minimum Gasteiger partial charge on any atom is -0.458 e. The molecule has 0 amide bonds. The summed E-state index contributed by atoms with van der Waals surface area (Å²) in [6.07, 6.45) is 3.27. The van der Waals surface area contributed by atoms with Gasteiger partial charge in [0.05, 0.1) is 0 Å². The van der Waals surface area contributed by atoms with Gasteiger partial charge in [0.25, 0.3) is 0 Å². The third kappa shape index (κ3) is 3.31. The number of esters is 3. The summed E-state index contributed by atoms with van der Waals surface area (Å²) in [5.74, 6) is -3.62. The Morgan fingerprint density at radius 3 is 2.32 bits per heavy atom. The van der Waals surface area contributed by atoms with Crippen molar-refractivity contribution >= 4 is 17.9 Å². The molecule has 0 radical (unpaired) electrons. The molecule has 172 valence electrons. The fourth-order valence-corrected chi connectivity index (χ4v) is 7.75. The van der Waals surface area contributed by atoms with Crippen LogP contribution in [0.5, 0.6) is 0 Å². The van der Waals surface area contributed by atoms with Crippen molar-refractivity contribution in [3.8, 4) is 0 Å². The van der Waals surface area contributed by atoms with E-state index in [1.54, 1.807) is 0 Å². The van der Waals surface area contributed by atoms with Crippen molar-refractivity contribution in [1.29, 1.82) is 0 Å². The molecule has 1 aliphatic heterocycles. The lowest BCUT2D eigenvalue weighted by molar-refractivity contribution is -0.268. The lowest BCUT2D eigenvalue weighted by Crippen LogP contribution is -2.68. The summed E-state index contributed by atoms with van der Waals surface area (Å²) in [6, 6.07) is 0. The first-order valence-electron chi connectivity index (χ1n) is 11.3. The Hall–Kier alpha value is -1.89. The van der Waals surface area contributed by atoms with Crippen LogP contribution in [0.4, 0.5) is 0 Å². The lowest BCUT2D eigenvalue weighted by Gasteiger charge is -2.65. The molecule has 4 aliphatic rings. The Morgan fingerprint density at radius 2 is 1.71 bits per heavy atom. The first-order valence-corrected chi connectivity index (χ1v) is 11.3. The van der Waals surface area contributed by atoms with E-state index in [1.807, 2.05) is 6.92 Å². The van der Waals surface area contributed by atoms with E-state index < -0.39 is 35.9 Å². The fraction of sp³-hybridized carbons (Fsp3) is 0.792. The van der Waals surface area contributed by atoms with Crippen LogP contribution in [0, 0.1) is 34.5 Å². The molecule has 8 atom stereocenters. The maximum atomic E-state index is 12.2. The molecule has 0 aromatic heterocycles. The van der Waals surface area contributed by atoms with Crippen molar-refractivity contribution in [1.82, 2.24) is 0 Å². The van der Waals surface area contributed by atoms with Gasteiger partial charge >= 0.3 is 17.9 Å². The molecule has 0 unspecified atom stereocenters. The lowest BCUT2D eigenvalue weighted by atomic mass is 9.41. The van der Waals surface area contributed by atoms with Gasteiger partial charge in [0.15, 0.2) is 0 Å². The fourth-order valence-electron chi connectivity index (χ4n) is 7.75. The zero-order valence-electron chi connectivity index (χ0n) is 19.3. The molecular weight excluding hydrogens is 400 g/mol. The Kier molecular flexibility index (Phi) is 5.08. The summed E-state index contributed by atoms with van der Waals surface area (Å²) in [6.45, 7) is 11.3. The smallest absolute Gasteiger partial charge is 0.333 e. The molecule has 7 nitrogen and oxygen atoms in total. The Morgan fingerprint density at radius 1 is 1.10 bits per heavy atom. The molecule has 1 heterocycles. The summed E-state index contributed by atoms with van der Waals surface area (Å²) in [5.41, 5.74) is 0.0769. The molecule has 4 rings (SSSR count). The van der Waals surface area contributed by atoms with Crippen LogP contribution in [-0.2, 0) is 28.6 Å². The summed E-state index contributed by atoms with van der Waals surface area (Å²) < 4.78 is 17.2. The van der Waals surface area contributed by atoms with E-state index >= 15 is 0 Å². The standard InChI is InChI=1S/C24H34O7/c1-12-15-10-17(27)31-24(15,28)11-16-18(12)19(29-13(2)25)20(30-14(3)26)21-22(4,5)8-7-9-23(16,21)6/h10,12,16,18-21,28H,7-9,11H2,1-6H3/t12-,16-,18-,19+,20-,21-,23+,24+/m0/s1. The highest BCUT2D eigenvalue weighted by molar-refractivity contribution is 5.86. The SMILES string of the molecule is CC(=O)O[C@H]1[C@H](OC(C)=O)[C@H]2C(C)(C)CCC[C@]2(C)[C@H]2C[C@@]3(O)OC(=O)C=C3[C@H](C)[C@H]12. The molecule has 3 aliphatic carbocycles. The molecule has 0 aromatic carbocycles. The largest absolute Gasteiger partial charge is 0.458 e. The topological polar surface area (TPSA) is 99.1 Å². The normalized spacial score (nSPS) is 45.4. The molecule has 0 spiro atoms. The number of carbonyl (C=O) groups excluding carboxylic acids is 3. The molecule has 1 N–H and O–H groups in total. The number of fused-ring (bicyclic) bond motifs is 4. The van der Waals surface area contributed by atoms with Gasteiger partial charge in [0.1, 0.15) is 12.2 Å². The highest BCUT2D eigenvalue weighted by Crippen LogP contribution is 2.67. The number of hydrogen-bond donors (Lipinski definition) is 1. The Labute approximate surface area is 183 Å². The van der Waals surface area contributed by atoms with E-state index in [2.05, 4.69) is 20.8 Å². The van der Waals surface area contributed by atoms with E-state index in [-0.39, 0.29) is 40.9 Å². The number of hydrogen-bond acceptors (Lipinski definition) is 7. The molecule has 7 heteroatoms. The quantitative estimate of drug-likeness (QED) is 0.526. The highest BCUT2D eigenvalue weighted by atomic mass is 16.7. The minimum absolute atomic E-state index is 0.0679. The second-order valence-corrected chi connectivity index (χ2v) is 11.0. The second kappa shape index (κ2) is 7.06. The van der Waals surface area contributed by atoms with E-state index in [0.29, 0.717) is 5.57 Å². The molecule has 0 bridgehead atoms. The summed E-state index contributed by atoms with van der Waals surface area (Å²) in [4.78, 5) is 36.4. The van der Waals surface area contributed by atoms with Crippen LogP contribution in [0.15, 0.2) is 11.6 Å². The van der Waals surface area contributed by atoms with Crippen molar-refractivity contribution in [2.75, 3.05) is 0 Å². The predicted molar refractivity (Wildman–Crippen MR) is 110 cm³/mol. The predicted octanol–water partition coefficient (Wildman–Crippen LogP) is 3.14. The van der Waals surface area contributed by atoms with Gasteiger partial charge in [-0.15, -0.1) is 0 Å². The van der Waals surface area contributed by atoms with Gasteiger partial charge in [-0.3, -0.25) is 9.59 Å². The first kappa shape index (κ1) is 22.3. The summed E-state index contributed by atoms with van der Waals surface area (Å²) >= 11 is 0. The molecule has 0 aromatic rings. The van der Waals surface area contributed by atoms with E-state index in [1.165, 1.54) is 19.9 Å². The number of aliphatic hydroxyl groups is 1. The van der Waals surface area contributed by atoms with Crippen molar-refractivity contribution in [2.45, 2.75) is 85.2 Å². The molecule has 0 saturated heterocycles. The van der Waals surface area contributed by atoms with Gasteiger partial charge in [-0.25, -0.2) is 4.79 Å². The van der Waals surface area contributed by atoms with Crippen LogP contribution >= 0.6 is 0 Å². The average Bonchev–Trinajstić information content (AvgIpc) is 2.91. The number of ether oxygens (including phenoxy) is 3. The van der Waals surface area contributed by atoms with Gasteiger partial charge in [0.2, 0.25) is 5.79 Å². The van der Waals surface area contributed by atoms with E-state index in [9.17, 15) is 19.5 Å². The number of carbonyl (C=O) groups is 3. The van der Waals surface area contributed by atoms with Crippen molar-refractivity contribution in [2.24, 2.45) is 34.5 Å².